The molecule has 1 nitrogen and oxygen atoms in total. The molecule has 1 heterocycles. The molecule has 0 spiro atoms. The number of allylic oxidation sites excluding steroid dienone is 4. The molecule has 0 aromatic rings. The van der Waals surface area contributed by atoms with E-state index >= 15 is 0 Å². The number of rotatable bonds is 2. The van der Waals surface area contributed by atoms with Crippen molar-refractivity contribution in [1.82, 2.24) is 5.32 Å². The molecule has 1 saturated heterocycles. The maximum atomic E-state index is 3.73. The molecule has 0 atom stereocenters. The Hall–Kier alpha value is -1.08. The van der Waals surface area contributed by atoms with Crippen molar-refractivity contribution in [2.24, 2.45) is 0 Å². The van der Waals surface area contributed by atoms with E-state index in [-0.39, 0.29) is 0 Å². The predicted octanol–water partition coefficient (Wildman–Crippen LogP) is 2.59. The summed E-state index contributed by atoms with van der Waals surface area (Å²) in [5.74, 6) is 0. The van der Waals surface area contributed by atoms with Gasteiger partial charge in [0.2, 0.25) is 0 Å². The normalized spacial score (nSPS) is 24.3. The largest absolute Gasteiger partial charge is 0.313 e. The Bertz CT molecular complexity index is 220. The lowest BCUT2D eigenvalue weighted by molar-refractivity contribution is 0.722. The Morgan fingerprint density at radius 3 is 2.46 bits per heavy atom. The van der Waals surface area contributed by atoms with Crippen molar-refractivity contribution in [2.45, 2.75) is 12.8 Å². The summed E-state index contributed by atoms with van der Waals surface area (Å²) in [6, 6.07) is 0. The van der Waals surface area contributed by atoms with E-state index in [2.05, 4.69) is 30.6 Å². The third kappa shape index (κ3) is 3.03. The first kappa shape index (κ1) is 10.0. The van der Waals surface area contributed by atoms with Crippen LogP contribution in [0, 0.1) is 0 Å². The van der Waals surface area contributed by atoms with E-state index in [4.69, 9.17) is 0 Å². The molecule has 0 saturated carbocycles. The van der Waals surface area contributed by atoms with Crippen LogP contribution in [0.4, 0.5) is 0 Å². The van der Waals surface area contributed by atoms with Gasteiger partial charge in [0.1, 0.15) is 0 Å². The highest BCUT2D eigenvalue weighted by Crippen LogP contribution is 2.18. The molecule has 0 bridgehead atoms. The zero-order valence-electron chi connectivity index (χ0n) is 8.05. The minimum Gasteiger partial charge on any atom is -0.313 e. The van der Waals surface area contributed by atoms with E-state index in [1.165, 1.54) is 17.6 Å². The second-order valence-corrected chi connectivity index (χ2v) is 3.14. The molecule has 13 heavy (non-hydrogen) atoms. The van der Waals surface area contributed by atoms with Crippen molar-refractivity contribution in [3.05, 3.63) is 48.6 Å². The number of nitrogens with one attached hydrogen (secondary N) is 1. The van der Waals surface area contributed by atoms with Crippen molar-refractivity contribution in [1.29, 1.82) is 0 Å². The van der Waals surface area contributed by atoms with Crippen molar-refractivity contribution < 1.29 is 0 Å². The van der Waals surface area contributed by atoms with E-state index in [0.717, 1.165) is 19.5 Å². The van der Waals surface area contributed by atoms with Gasteiger partial charge >= 0.3 is 0 Å². The lowest BCUT2D eigenvalue weighted by Gasteiger charge is -2.05. The van der Waals surface area contributed by atoms with Crippen LogP contribution in [0.1, 0.15) is 12.8 Å². The maximum absolute atomic E-state index is 3.73. The van der Waals surface area contributed by atoms with Gasteiger partial charge < -0.3 is 5.32 Å². The highest BCUT2D eigenvalue weighted by Gasteiger charge is 2.07. The van der Waals surface area contributed by atoms with Gasteiger partial charge in [0.25, 0.3) is 0 Å². The number of hydrogen-bond acceptors (Lipinski definition) is 1. The van der Waals surface area contributed by atoms with Gasteiger partial charge in [-0.2, -0.15) is 0 Å². The summed E-state index contributed by atoms with van der Waals surface area (Å²) in [7, 11) is 0. The predicted molar refractivity (Wildman–Crippen MR) is 58.7 cm³/mol. The summed E-state index contributed by atoms with van der Waals surface area (Å²) in [6.07, 6.45) is 10.2. The third-order valence-corrected chi connectivity index (χ3v) is 2.17. The van der Waals surface area contributed by atoms with Gasteiger partial charge in [-0.15, -0.1) is 0 Å². The molecule has 0 aliphatic carbocycles. The van der Waals surface area contributed by atoms with Crippen LogP contribution >= 0.6 is 0 Å². The van der Waals surface area contributed by atoms with Crippen LogP contribution in [0.2, 0.25) is 0 Å². The van der Waals surface area contributed by atoms with Crippen LogP contribution in [0.15, 0.2) is 48.6 Å². The van der Waals surface area contributed by atoms with Crippen molar-refractivity contribution in [3.8, 4) is 0 Å². The molecule has 0 unspecified atom stereocenters. The van der Waals surface area contributed by atoms with E-state index in [1.807, 2.05) is 12.2 Å². The average molecular weight is 175 g/mol. The fourth-order valence-electron chi connectivity index (χ4n) is 1.54. The fraction of sp³-hybridized carbons (Fsp3) is 0.333. The van der Waals surface area contributed by atoms with Crippen LogP contribution < -0.4 is 5.32 Å². The summed E-state index contributed by atoms with van der Waals surface area (Å²) < 4.78 is 0. The molecule has 1 rings (SSSR count). The Labute approximate surface area is 80.5 Å². The molecule has 0 aromatic carbocycles. The Morgan fingerprint density at radius 1 is 1.08 bits per heavy atom. The molecule has 70 valence electrons. The molecule has 1 heteroatoms. The van der Waals surface area contributed by atoms with Gasteiger partial charge in [-0.1, -0.05) is 37.5 Å². The van der Waals surface area contributed by atoms with Crippen LogP contribution in [0.3, 0.4) is 0 Å². The van der Waals surface area contributed by atoms with E-state index in [9.17, 15) is 0 Å². The second-order valence-electron chi connectivity index (χ2n) is 3.14. The highest BCUT2D eigenvalue weighted by molar-refractivity contribution is 5.37. The minimum atomic E-state index is 0.950. The first-order valence-electron chi connectivity index (χ1n) is 4.72. The van der Waals surface area contributed by atoms with Crippen LogP contribution in [0.5, 0.6) is 0 Å². The van der Waals surface area contributed by atoms with Gasteiger partial charge in [-0.05, 0) is 30.5 Å². The SMILES string of the molecule is C=C/C=C1/CCCNC/C1=C/C=C. The second kappa shape index (κ2) is 5.55. The zero-order chi connectivity index (χ0) is 9.52. The standard InChI is InChI=1S/C12H17N/c1-3-6-11-8-5-9-13-10-12(11)7-4-2/h3-4,6-7,13H,1-2,5,8-10H2/b11-6-,12-7-. The summed E-state index contributed by atoms with van der Waals surface area (Å²) in [5.41, 5.74) is 2.73. The summed E-state index contributed by atoms with van der Waals surface area (Å²) in [4.78, 5) is 0. The van der Waals surface area contributed by atoms with E-state index in [0.29, 0.717) is 0 Å². The first-order valence-corrected chi connectivity index (χ1v) is 4.72. The molecular formula is C12H17N. The molecule has 1 aliphatic rings. The van der Waals surface area contributed by atoms with Gasteiger partial charge in [0.15, 0.2) is 0 Å². The van der Waals surface area contributed by atoms with Crippen LogP contribution in [0.25, 0.3) is 0 Å². The first-order chi connectivity index (χ1) is 6.38. The Kier molecular flexibility index (Phi) is 4.27. The summed E-state index contributed by atoms with van der Waals surface area (Å²) in [6.45, 7) is 9.50. The minimum absolute atomic E-state index is 0.950. The topological polar surface area (TPSA) is 12.0 Å². The van der Waals surface area contributed by atoms with Gasteiger partial charge in [-0.3, -0.25) is 0 Å². The van der Waals surface area contributed by atoms with Gasteiger partial charge in [0.05, 0.1) is 0 Å². The Morgan fingerprint density at radius 2 is 1.77 bits per heavy atom. The van der Waals surface area contributed by atoms with Gasteiger partial charge in [0, 0.05) is 6.54 Å². The fourth-order valence-corrected chi connectivity index (χ4v) is 1.54. The van der Waals surface area contributed by atoms with Crippen LogP contribution in [-0.4, -0.2) is 13.1 Å². The Balaban J connectivity index is 2.84. The lowest BCUT2D eigenvalue weighted by atomic mass is 10.0. The summed E-state index contributed by atoms with van der Waals surface area (Å²) in [5, 5.41) is 3.38. The van der Waals surface area contributed by atoms with Crippen molar-refractivity contribution in [3.63, 3.8) is 0 Å². The molecule has 1 aliphatic heterocycles. The molecule has 1 N–H and O–H groups in total. The van der Waals surface area contributed by atoms with Crippen LogP contribution in [-0.2, 0) is 0 Å². The molecular weight excluding hydrogens is 158 g/mol. The van der Waals surface area contributed by atoms with Crippen molar-refractivity contribution in [2.75, 3.05) is 13.1 Å². The molecule has 1 fully saturated rings. The quantitative estimate of drug-likeness (QED) is 0.680. The smallest absolute Gasteiger partial charge is 0.0208 e. The molecule has 0 radical (unpaired) electrons. The number of hydrogen-bond donors (Lipinski definition) is 1. The van der Waals surface area contributed by atoms with Gasteiger partial charge in [-0.25, -0.2) is 0 Å². The zero-order valence-corrected chi connectivity index (χ0v) is 8.05. The highest BCUT2D eigenvalue weighted by atomic mass is 14.9. The van der Waals surface area contributed by atoms with E-state index in [1.54, 1.807) is 0 Å². The average Bonchev–Trinajstić information content (AvgIpc) is 2.33. The molecule has 0 amide bonds. The monoisotopic (exact) mass is 175 g/mol. The maximum Gasteiger partial charge on any atom is 0.0208 e. The van der Waals surface area contributed by atoms with Crippen molar-refractivity contribution >= 4 is 0 Å². The molecule has 0 aromatic heterocycles. The lowest BCUT2D eigenvalue weighted by Crippen LogP contribution is -2.15. The van der Waals surface area contributed by atoms with E-state index < -0.39 is 0 Å². The third-order valence-electron chi connectivity index (χ3n) is 2.17. The summed E-state index contributed by atoms with van der Waals surface area (Å²) >= 11 is 0.